The number of rotatable bonds is 6. The number of carbonyl (C=O) groups excluding carboxylic acids is 2. The summed E-state index contributed by atoms with van der Waals surface area (Å²) in [5.41, 5.74) is 3.27. The minimum atomic E-state index is -0.611. The molecule has 0 spiro atoms. The van der Waals surface area contributed by atoms with Crippen LogP contribution in [0.2, 0.25) is 5.02 Å². The van der Waals surface area contributed by atoms with Gasteiger partial charge in [0.2, 0.25) is 5.82 Å². The average molecular weight is 400 g/mol. The minimum absolute atomic E-state index is 0.142. The number of halogens is 1. The van der Waals surface area contributed by atoms with Gasteiger partial charge in [0.1, 0.15) is 6.54 Å². The highest BCUT2D eigenvalue weighted by molar-refractivity contribution is 6.30. The molecule has 8 heteroatoms. The number of benzene rings is 2. The van der Waals surface area contributed by atoms with Gasteiger partial charge in [-0.15, -0.1) is 0 Å². The Hall–Kier alpha value is -3.19. The number of esters is 1. The van der Waals surface area contributed by atoms with E-state index in [1.807, 2.05) is 19.9 Å². The van der Waals surface area contributed by atoms with Crippen LogP contribution in [-0.4, -0.2) is 28.6 Å². The first kappa shape index (κ1) is 19.6. The number of amides is 1. The van der Waals surface area contributed by atoms with Crippen LogP contribution < -0.4 is 5.32 Å². The summed E-state index contributed by atoms with van der Waals surface area (Å²) in [6, 6.07) is 12.3. The van der Waals surface area contributed by atoms with E-state index in [9.17, 15) is 9.59 Å². The first-order chi connectivity index (χ1) is 13.4. The van der Waals surface area contributed by atoms with Crippen LogP contribution in [0.25, 0.3) is 11.4 Å². The van der Waals surface area contributed by atoms with Gasteiger partial charge in [-0.3, -0.25) is 9.59 Å². The van der Waals surface area contributed by atoms with Crippen molar-refractivity contribution in [3.05, 3.63) is 70.1 Å². The van der Waals surface area contributed by atoms with E-state index in [4.69, 9.17) is 20.9 Å². The Morgan fingerprint density at radius 1 is 1.14 bits per heavy atom. The SMILES string of the molecule is Cc1ccc(C(=O)NCC(=O)OCc2nc(-c3cccc(Cl)c3)no2)cc1C. The minimum Gasteiger partial charge on any atom is -0.454 e. The third-order valence-electron chi connectivity index (χ3n) is 4.07. The highest BCUT2D eigenvalue weighted by atomic mass is 35.5. The fourth-order valence-corrected chi connectivity index (χ4v) is 2.58. The molecule has 0 bridgehead atoms. The van der Waals surface area contributed by atoms with E-state index in [0.717, 1.165) is 11.1 Å². The summed E-state index contributed by atoms with van der Waals surface area (Å²) in [5.74, 6) is -0.471. The van der Waals surface area contributed by atoms with Crippen LogP contribution in [0.4, 0.5) is 0 Å². The summed E-state index contributed by atoms with van der Waals surface area (Å²) in [6.45, 7) is 3.43. The first-order valence-corrected chi connectivity index (χ1v) is 8.90. The molecule has 0 unspecified atom stereocenters. The Balaban J connectivity index is 1.49. The maximum absolute atomic E-state index is 12.1. The molecule has 1 aromatic heterocycles. The van der Waals surface area contributed by atoms with Crippen molar-refractivity contribution in [1.82, 2.24) is 15.5 Å². The van der Waals surface area contributed by atoms with E-state index in [0.29, 0.717) is 22.0 Å². The summed E-state index contributed by atoms with van der Waals surface area (Å²) >= 11 is 5.94. The van der Waals surface area contributed by atoms with Crippen LogP contribution in [0, 0.1) is 13.8 Å². The smallest absolute Gasteiger partial charge is 0.325 e. The van der Waals surface area contributed by atoms with Gasteiger partial charge < -0.3 is 14.6 Å². The molecule has 2 aromatic carbocycles. The van der Waals surface area contributed by atoms with Crippen LogP contribution in [-0.2, 0) is 16.1 Å². The van der Waals surface area contributed by atoms with Crippen molar-refractivity contribution in [2.75, 3.05) is 6.54 Å². The maximum Gasteiger partial charge on any atom is 0.325 e. The van der Waals surface area contributed by atoms with Crippen molar-refractivity contribution >= 4 is 23.5 Å². The van der Waals surface area contributed by atoms with Crippen molar-refractivity contribution in [3.63, 3.8) is 0 Å². The zero-order chi connectivity index (χ0) is 20.1. The molecule has 0 atom stereocenters. The Kier molecular flexibility index (Phi) is 6.06. The number of aryl methyl sites for hydroxylation is 2. The van der Waals surface area contributed by atoms with E-state index < -0.39 is 5.97 Å². The van der Waals surface area contributed by atoms with Crippen LogP contribution in [0.15, 0.2) is 47.0 Å². The second-order valence-electron chi connectivity index (χ2n) is 6.16. The Labute approximate surface area is 166 Å². The summed E-state index contributed by atoms with van der Waals surface area (Å²) in [4.78, 5) is 28.1. The molecule has 0 saturated carbocycles. The number of aromatic nitrogens is 2. The fraction of sp³-hybridized carbons (Fsp3) is 0.200. The van der Waals surface area contributed by atoms with E-state index in [-0.39, 0.29) is 24.9 Å². The van der Waals surface area contributed by atoms with Gasteiger partial charge in [0.15, 0.2) is 6.61 Å². The normalized spacial score (nSPS) is 10.5. The highest BCUT2D eigenvalue weighted by Crippen LogP contribution is 2.20. The number of hydrogen-bond acceptors (Lipinski definition) is 6. The topological polar surface area (TPSA) is 94.3 Å². The van der Waals surface area contributed by atoms with Crippen LogP contribution in [0.3, 0.4) is 0 Å². The molecule has 28 heavy (non-hydrogen) atoms. The molecular weight excluding hydrogens is 382 g/mol. The molecule has 3 rings (SSSR count). The number of carbonyl (C=O) groups is 2. The van der Waals surface area contributed by atoms with Gasteiger partial charge in [0.05, 0.1) is 0 Å². The standard InChI is InChI=1S/C20H18ClN3O4/c1-12-6-7-15(8-13(12)2)20(26)22-10-18(25)27-11-17-23-19(24-28-17)14-4-3-5-16(21)9-14/h3-9H,10-11H2,1-2H3,(H,22,26). The molecule has 0 aliphatic heterocycles. The predicted molar refractivity (Wildman–Crippen MR) is 103 cm³/mol. The summed E-state index contributed by atoms with van der Waals surface area (Å²) in [7, 11) is 0. The Morgan fingerprint density at radius 3 is 2.71 bits per heavy atom. The van der Waals surface area contributed by atoms with Crippen molar-refractivity contribution in [3.8, 4) is 11.4 Å². The molecule has 1 heterocycles. The van der Waals surface area contributed by atoms with Gasteiger partial charge in [0.25, 0.3) is 11.8 Å². The fourth-order valence-electron chi connectivity index (χ4n) is 2.39. The van der Waals surface area contributed by atoms with Crippen LogP contribution >= 0.6 is 11.6 Å². The van der Waals surface area contributed by atoms with E-state index in [1.165, 1.54) is 0 Å². The molecule has 144 valence electrons. The van der Waals surface area contributed by atoms with E-state index >= 15 is 0 Å². The van der Waals surface area contributed by atoms with E-state index in [2.05, 4.69) is 15.5 Å². The van der Waals surface area contributed by atoms with Gasteiger partial charge in [-0.2, -0.15) is 4.98 Å². The molecule has 3 aromatic rings. The molecule has 0 aliphatic carbocycles. The van der Waals surface area contributed by atoms with Gasteiger partial charge in [-0.1, -0.05) is 35.0 Å². The van der Waals surface area contributed by atoms with Crippen molar-refractivity contribution in [2.45, 2.75) is 20.5 Å². The molecule has 7 nitrogen and oxygen atoms in total. The van der Waals surface area contributed by atoms with Crippen LogP contribution in [0.5, 0.6) is 0 Å². The number of hydrogen-bond donors (Lipinski definition) is 1. The lowest BCUT2D eigenvalue weighted by atomic mass is 10.1. The maximum atomic E-state index is 12.1. The second kappa shape index (κ2) is 8.67. The Morgan fingerprint density at radius 2 is 1.96 bits per heavy atom. The summed E-state index contributed by atoms with van der Waals surface area (Å²) in [6.07, 6.45) is 0. The predicted octanol–water partition coefficient (Wildman–Crippen LogP) is 3.48. The number of ether oxygens (including phenoxy) is 1. The van der Waals surface area contributed by atoms with Crippen molar-refractivity contribution < 1.29 is 18.8 Å². The zero-order valence-electron chi connectivity index (χ0n) is 15.4. The molecule has 0 fully saturated rings. The third kappa shape index (κ3) is 4.95. The third-order valence-corrected chi connectivity index (χ3v) is 4.31. The number of nitrogens with one attached hydrogen (secondary N) is 1. The van der Waals surface area contributed by atoms with Gasteiger partial charge in [0, 0.05) is 16.1 Å². The molecule has 0 radical (unpaired) electrons. The molecule has 1 N–H and O–H groups in total. The van der Waals surface area contributed by atoms with Crippen molar-refractivity contribution in [1.29, 1.82) is 0 Å². The monoisotopic (exact) mass is 399 g/mol. The lowest BCUT2D eigenvalue weighted by Crippen LogP contribution is -2.30. The lowest BCUT2D eigenvalue weighted by molar-refractivity contribution is -0.144. The summed E-state index contributed by atoms with van der Waals surface area (Å²) in [5, 5.41) is 6.90. The average Bonchev–Trinajstić information content (AvgIpc) is 3.15. The number of nitrogens with zero attached hydrogens (tertiary/aromatic N) is 2. The summed E-state index contributed by atoms with van der Waals surface area (Å²) < 4.78 is 10.1. The molecular formula is C20H18ClN3O4. The van der Waals surface area contributed by atoms with Gasteiger partial charge in [-0.25, -0.2) is 0 Å². The van der Waals surface area contributed by atoms with Gasteiger partial charge in [-0.05, 0) is 49.2 Å². The zero-order valence-corrected chi connectivity index (χ0v) is 16.1. The van der Waals surface area contributed by atoms with Crippen LogP contribution in [0.1, 0.15) is 27.4 Å². The quantitative estimate of drug-likeness (QED) is 0.638. The largest absolute Gasteiger partial charge is 0.454 e. The second-order valence-corrected chi connectivity index (χ2v) is 6.60. The first-order valence-electron chi connectivity index (χ1n) is 8.52. The molecule has 0 aliphatic rings. The van der Waals surface area contributed by atoms with Crippen molar-refractivity contribution in [2.24, 2.45) is 0 Å². The van der Waals surface area contributed by atoms with E-state index in [1.54, 1.807) is 36.4 Å². The highest BCUT2D eigenvalue weighted by Gasteiger charge is 2.13. The Bertz CT molecular complexity index is 1020. The van der Waals surface area contributed by atoms with Gasteiger partial charge >= 0.3 is 5.97 Å². The molecule has 1 amide bonds. The lowest BCUT2D eigenvalue weighted by Gasteiger charge is -2.07. The molecule has 0 saturated heterocycles.